The standard InChI is InChI=1S/C27H26N2O4/c1-27(2)13-22-20(23(30)14-27)12-21(26(32)29-22)25(31)28-15-16-3-5-17(6-4-16)18-7-8-24-19(11-18)9-10-33-24/h3-8,11-12H,9-10,13-15H2,1-2H3,(H,28,31)(H,29,32). The van der Waals surface area contributed by atoms with Crippen molar-refractivity contribution in [3.63, 3.8) is 0 Å². The minimum Gasteiger partial charge on any atom is -0.493 e. The lowest BCUT2D eigenvalue weighted by atomic mass is 9.75. The van der Waals surface area contributed by atoms with Crippen molar-refractivity contribution in [2.75, 3.05) is 6.61 Å². The molecule has 0 fully saturated rings. The molecule has 0 spiro atoms. The Morgan fingerprint density at radius 1 is 1.03 bits per heavy atom. The summed E-state index contributed by atoms with van der Waals surface area (Å²) >= 11 is 0. The summed E-state index contributed by atoms with van der Waals surface area (Å²) in [6, 6.07) is 15.6. The highest BCUT2D eigenvalue weighted by molar-refractivity contribution is 6.02. The van der Waals surface area contributed by atoms with Gasteiger partial charge >= 0.3 is 0 Å². The highest BCUT2D eigenvalue weighted by Crippen LogP contribution is 2.33. The van der Waals surface area contributed by atoms with Crippen molar-refractivity contribution in [3.05, 3.63) is 86.8 Å². The lowest BCUT2D eigenvalue weighted by Crippen LogP contribution is -2.34. The van der Waals surface area contributed by atoms with Crippen LogP contribution in [-0.4, -0.2) is 23.3 Å². The van der Waals surface area contributed by atoms with Crippen LogP contribution in [0.25, 0.3) is 11.1 Å². The van der Waals surface area contributed by atoms with Crippen LogP contribution in [0.1, 0.15) is 57.8 Å². The molecule has 2 aliphatic rings. The molecular formula is C27H26N2O4. The lowest BCUT2D eigenvalue weighted by molar-refractivity contribution is 0.0910. The zero-order valence-electron chi connectivity index (χ0n) is 18.8. The molecule has 3 aromatic rings. The third-order valence-corrected chi connectivity index (χ3v) is 6.39. The third kappa shape index (κ3) is 4.21. The molecule has 6 heteroatoms. The molecule has 33 heavy (non-hydrogen) atoms. The zero-order chi connectivity index (χ0) is 23.2. The second-order valence-corrected chi connectivity index (χ2v) is 9.65. The number of aromatic amines is 1. The number of aromatic nitrogens is 1. The number of H-pyrrole nitrogens is 1. The van der Waals surface area contributed by atoms with Gasteiger partial charge in [-0.2, -0.15) is 0 Å². The monoisotopic (exact) mass is 442 g/mol. The molecule has 1 aliphatic carbocycles. The Morgan fingerprint density at radius 3 is 2.58 bits per heavy atom. The van der Waals surface area contributed by atoms with Gasteiger partial charge in [0, 0.05) is 30.6 Å². The van der Waals surface area contributed by atoms with Crippen LogP contribution in [0.2, 0.25) is 0 Å². The van der Waals surface area contributed by atoms with Crippen molar-refractivity contribution in [1.29, 1.82) is 0 Å². The summed E-state index contributed by atoms with van der Waals surface area (Å²) in [7, 11) is 0. The first-order valence-electron chi connectivity index (χ1n) is 11.2. The molecule has 1 aromatic heterocycles. The van der Waals surface area contributed by atoms with E-state index in [0.717, 1.165) is 35.5 Å². The van der Waals surface area contributed by atoms with Gasteiger partial charge in [0.1, 0.15) is 11.3 Å². The van der Waals surface area contributed by atoms with Gasteiger partial charge in [-0.05, 0) is 52.3 Å². The summed E-state index contributed by atoms with van der Waals surface area (Å²) in [5.74, 6) is 0.431. The minimum absolute atomic E-state index is 0.0289. The average molecular weight is 443 g/mol. The second-order valence-electron chi connectivity index (χ2n) is 9.65. The van der Waals surface area contributed by atoms with Crippen LogP contribution in [-0.2, 0) is 19.4 Å². The molecule has 0 unspecified atom stereocenters. The van der Waals surface area contributed by atoms with Gasteiger partial charge in [-0.15, -0.1) is 0 Å². The Balaban J connectivity index is 1.28. The van der Waals surface area contributed by atoms with Crippen molar-refractivity contribution in [2.45, 2.75) is 39.7 Å². The lowest BCUT2D eigenvalue weighted by Gasteiger charge is -2.29. The molecule has 2 N–H and O–H groups in total. The molecule has 1 aliphatic heterocycles. The predicted octanol–water partition coefficient (Wildman–Crippen LogP) is 4.06. The molecule has 0 saturated heterocycles. The zero-order valence-corrected chi connectivity index (χ0v) is 18.8. The van der Waals surface area contributed by atoms with Gasteiger partial charge in [0.25, 0.3) is 11.5 Å². The maximum atomic E-state index is 12.7. The normalized spacial score (nSPS) is 16.0. The fraction of sp³-hybridized carbons (Fsp3) is 0.296. The number of ketones is 1. The quantitative estimate of drug-likeness (QED) is 0.638. The molecule has 1 amide bonds. The number of rotatable bonds is 4. The van der Waals surface area contributed by atoms with Crippen LogP contribution in [0.3, 0.4) is 0 Å². The number of hydrogen-bond donors (Lipinski definition) is 2. The fourth-order valence-electron chi connectivity index (χ4n) is 4.66. The van der Waals surface area contributed by atoms with Crippen molar-refractivity contribution in [3.8, 4) is 16.9 Å². The average Bonchev–Trinajstić information content (AvgIpc) is 3.24. The first kappa shape index (κ1) is 21.2. The molecule has 0 saturated carbocycles. The second kappa shape index (κ2) is 8.03. The maximum Gasteiger partial charge on any atom is 0.261 e. The van der Waals surface area contributed by atoms with E-state index in [1.54, 1.807) is 0 Å². The molecule has 0 atom stereocenters. The molecule has 6 nitrogen and oxygen atoms in total. The predicted molar refractivity (Wildman–Crippen MR) is 126 cm³/mol. The van der Waals surface area contributed by atoms with Gasteiger partial charge in [-0.3, -0.25) is 14.4 Å². The number of fused-ring (bicyclic) bond motifs is 2. The van der Waals surface area contributed by atoms with Crippen molar-refractivity contribution in [2.24, 2.45) is 5.41 Å². The SMILES string of the molecule is CC1(C)CC(=O)c2cc(C(=O)NCc3ccc(-c4ccc5c(c4)CCO5)cc3)c(=O)[nH]c2C1. The van der Waals surface area contributed by atoms with E-state index in [4.69, 9.17) is 4.74 Å². The van der Waals surface area contributed by atoms with E-state index in [9.17, 15) is 14.4 Å². The molecular weight excluding hydrogens is 416 g/mol. The van der Waals surface area contributed by atoms with E-state index >= 15 is 0 Å². The van der Waals surface area contributed by atoms with Crippen molar-refractivity contribution in [1.82, 2.24) is 10.3 Å². The van der Waals surface area contributed by atoms with E-state index in [2.05, 4.69) is 16.4 Å². The molecule has 2 heterocycles. The first-order chi connectivity index (χ1) is 15.8. The summed E-state index contributed by atoms with van der Waals surface area (Å²) in [5.41, 5.74) is 4.73. The number of Topliss-reactive ketones (excluding diaryl/α,β-unsaturated/α-hetero) is 1. The van der Waals surface area contributed by atoms with Gasteiger partial charge in [-0.1, -0.05) is 44.2 Å². The highest BCUT2D eigenvalue weighted by Gasteiger charge is 2.32. The van der Waals surface area contributed by atoms with Crippen LogP contribution in [0, 0.1) is 5.41 Å². The Labute approximate surface area is 192 Å². The van der Waals surface area contributed by atoms with Gasteiger partial charge in [-0.25, -0.2) is 0 Å². The Kier molecular flexibility index (Phi) is 5.16. The summed E-state index contributed by atoms with van der Waals surface area (Å²) in [6.45, 7) is 5.01. The van der Waals surface area contributed by atoms with Crippen LogP contribution in [0.5, 0.6) is 5.75 Å². The molecule has 0 radical (unpaired) electrons. The number of carbonyl (C=O) groups excluding carboxylic acids is 2. The molecule has 168 valence electrons. The number of benzene rings is 2. The number of hydrogen-bond acceptors (Lipinski definition) is 4. The van der Waals surface area contributed by atoms with E-state index in [0.29, 0.717) is 24.1 Å². The Bertz CT molecular complexity index is 1320. The van der Waals surface area contributed by atoms with Gasteiger partial charge in [0.15, 0.2) is 5.78 Å². The van der Waals surface area contributed by atoms with Crippen LogP contribution in [0.4, 0.5) is 0 Å². The van der Waals surface area contributed by atoms with Crippen molar-refractivity contribution >= 4 is 11.7 Å². The summed E-state index contributed by atoms with van der Waals surface area (Å²) in [5, 5.41) is 2.80. The topological polar surface area (TPSA) is 88.3 Å². The smallest absolute Gasteiger partial charge is 0.261 e. The van der Waals surface area contributed by atoms with E-state index < -0.39 is 11.5 Å². The number of pyridine rings is 1. The maximum absolute atomic E-state index is 12.7. The van der Waals surface area contributed by atoms with Crippen LogP contribution >= 0.6 is 0 Å². The van der Waals surface area contributed by atoms with E-state index in [1.807, 2.05) is 50.2 Å². The summed E-state index contributed by atoms with van der Waals surface area (Å²) < 4.78 is 5.57. The molecule has 2 aromatic carbocycles. The number of carbonyl (C=O) groups is 2. The van der Waals surface area contributed by atoms with E-state index in [1.165, 1.54) is 11.6 Å². The fourth-order valence-corrected chi connectivity index (χ4v) is 4.66. The Morgan fingerprint density at radius 2 is 1.79 bits per heavy atom. The molecule has 0 bridgehead atoms. The van der Waals surface area contributed by atoms with E-state index in [-0.39, 0.29) is 23.3 Å². The molecule has 5 rings (SSSR count). The van der Waals surface area contributed by atoms with Crippen LogP contribution < -0.4 is 15.6 Å². The van der Waals surface area contributed by atoms with Gasteiger partial charge in [0.05, 0.1) is 6.61 Å². The highest BCUT2D eigenvalue weighted by atomic mass is 16.5. The largest absolute Gasteiger partial charge is 0.493 e. The minimum atomic E-state index is -0.487. The van der Waals surface area contributed by atoms with Crippen molar-refractivity contribution < 1.29 is 14.3 Å². The first-order valence-corrected chi connectivity index (χ1v) is 11.2. The number of amides is 1. The summed E-state index contributed by atoms with van der Waals surface area (Å²) in [6.07, 6.45) is 1.93. The van der Waals surface area contributed by atoms with Gasteiger partial charge in [0.2, 0.25) is 0 Å². The number of nitrogens with one attached hydrogen (secondary N) is 2. The Hall–Kier alpha value is -3.67. The number of ether oxygens (including phenoxy) is 1. The van der Waals surface area contributed by atoms with Crippen LogP contribution in [0.15, 0.2) is 53.3 Å². The summed E-state index contributed by atoms with van der Waals surface area (Å²) in [4.78, 5) is 40.5. The third-order valence-electron chi connectivity index (χ3n) is 6.39. The van der Waals surface area contributed by atoms with Gasteiger partial charge < -0.3 is 15.0 Å².